The van der Waals surface area contributed by atoms with E-state index in [9.17, 15) is 4.79 Å². The molecule has 1 heterocycles. The first-order valence-corrected chi connectivity index (χ1v) is 7.28. The smallest absolute Gasteiger partial charge is 0.337 e. The third-order valence-electron chi connectivity index (χ3n) is 3.77. The Morgan fingerprint density at radius 1 is 1.33 bits per heavy atom. The van der Waals surface area contributed by atoms with Crippen LogP contribution in [0.2, 0.25) is 0 Å². The second-order valence-corrected chi connectivity index (χ2v) is 5.53. The number of hydrogen-bond acceptors (Lipinski definition) is 4. The van der Waals surface area contributed by atoms with Crippen LogP contribution in [-0.2, 0) is 11.3 Å². The van der Waals surface area contributed by atoms with E-state index in [1.807, 2.05) is 24.3 Å². The summed E-state index contributed by atoms with van der Waals surface area (Å²) >= 11 is 0. The number of methoxy groups -OCH3 is 1. The van der Waals surface area contributed by atoms with E-state index in [1.54, 1.807) is 0 Å². The van der Waals surface area contributed by atoms with Gasteiger partial charge in [0.1, 0.15) is 0 Å². The summed E-state index contributed by atoms with van der Waals surface area (Å²) in [5.41, 5.74) is 1.82. The molecule has 0 radical (unpaired) electrons. The van der Waals surface area contributed by atoms with Gasteiger partial charge in [0.25, 0.3) is 0 Å². The van der Waals surface area contributed by atoms with Crippen LogP contribution in [0, 0.1) is 0 Å². The first-order chi connectivity index (χ1) is 9.69. The molecule has 1 unspecified atom stereocenters. The van der Waals surface area contributed by atoms with Crippen molar-refractivity contribution in [1.29, 1.82) is 0 Å². The van der Waals surface area contributed by atoms with Gasteiger partial charge < -0.3 is 15.0 Å². The third kappa shape index (κ3) is 5.65. The van der Waals surface area contributed by atoms with Gasteiger partial charge in [-0.15, -0.1) is 12.4 Å². The Bertz CT molecular complexity index is 430. The number of benzene rings is 1. The normalized spacial score (nSPS) is 18.1. The molecule has 4 nitrogen and oxygen atoms in total. The third-order valence-corrected chi connectivity index (χ3v) is 3.77. The van der Waals surface area contributed by atoms with Crippen LogP contribution in [-0.4, -0.2) is 44.2 Å². The average molecular weight is 313 g/mol. The Balaban J connectivity index is 0.00000220. The molecule has 1 aliphatic rings. The number of piperidine rings is 1. The predicted octanol–water partition coefficient (Wildman–Crippen LogP) is 2.47. The maximum Gasteiger partial charge on any atom is 0.337 e. The number of likely N-dealkylation sites (N-methyl/N-ethyl adjacent to an activating group) is 1. The van der Waals surface area contributed by atoms with Gasteiger partial charge in [0, 0.05) is 19.1 Å². The number of esters is 1. The Kier molecular flexibility index (Phi) is 7.72. The molecule has 0 aliphatic carbocycles. The maximum atomic E-state index is 11.4. The van der Waals surface area contributed by atoms with Crippen LogP contribution in [0.3, 0.4) is 0 Å². The number of nitrogens with one attached hydrogen (secondary N) is 1. The van der Waals surface area contributed by atoms with Crippen LogP contribution in [0.25, 0.3) is 0 Å². The van der Waals surface area contributed by atoms with Crippen LogP contribution in [0.15, 0.2) is 24.3 Å². The van der Waals surface area contributed by atoms with Gasteiger partial charge >= 0.3 is 5.97 Å². The molecular formula is C16H25ClN2O2. The van der Waals surface area contributed by atoms with Crippen molar-refractivity contribution in [2.24, 2.45) is 0 Å². The summed E-state index contributed by atoms with van der Waals surface area (Å²) in [5.74, 6) is -0.281. The summed E-state index contributed by atoms with van der Waals surface area (Å²) < 4.78 is 4.70. The molecule has 0 bridgehead atoms. The minimum Gasteiger partial charge on any atom is -0.465 e. The van der Waals surface area contributed by atoms with E-state index in [0.717, 1.165) is 19.6 Å². The molecule has 1 N–H and O–H groups in total. The van der Waals surface area contributed by atoms with E-state index in [-0.39, 0.29) is 18.4 Å². The number of nitrogens with zero attached hydrogens (tertiary/aromatic N) is 1. The summed E-state index contributed by atoms with van der Waals surface area (Å²) in [6.07, 6.45) is 3.90. The first-order valence-electron chi connectivity index (χ1n) is 7.28. The fourth-order valence-electron chi connectivity index (χ4n) is 2.70. The maximum absolute atomic E-state index is 11.4. The van der Waals surface area contributed by atoms with Crippen molar-refractivity contribution in [2.75, 3.05) is 27.2 Å². The Morgan fingerprint density at radius 2 is 2.05 bits per heavy atom. The minimum absolute atomic E-state index is 0. The molecule has 2 rings (SSSR count). The van der Waals surface area contributed by atoms with Crippen molar-refractivity contribution in [3.05, 3.63) is 35.4 Å². The van der Waals surface area contributed by atoms with Gasteiger partial charge in [0.2, 0.25) is 0 Å². The molecule has 1 aromatic carbocycles. The van der Waals surface area contributed by atoms with Gasteiger partial charge in [-0.25, -0.2) is 4.79 Å². The predicted molar refractivity (Wildman–Crippen MR) is 87.0 cm³/mol. The lowest BCUT2D eigenvalue weighted by Crippen LogP contribution is -2.42. The molecular weight excluding hydrogens is 288 g/mol. The number of rotatable bonds is 5. The van der Waals surface area contributed by atoms with Crippen LogP contribution in [0.5, 0.6) is 0 Å². The van der Waals surface area contributed by atoms with Crippen LogP contribution in [0.4, 0.5) is 0 Å². The summed E-state index contributed by atoms with van der Waals surface area (Å²) in [6, 6.07) is 8.26. The second kappa shape index (κ2) is 9.03. The van der Waals surface area contributed by atoms with Gasteiger partial charge in [0.15, 0.2) is 0 Å². The van der Waals surface area contributed by atoms with Crippen molar-refractivity contribution >= 4 is 18.4 Å². The largest absolute Gasteiger partial charge is 0.465 e. The molecule has 0 amide bonds. The quantitative estimate of drug-likeness (QED) is 0.848. The molecule has 0 aromatic heterocycles. The molecule has 5 heteroatoms. The highest BCUT2D eigenvalue weighted by molar-refractivity contribution is 5.89. The van der Waals surface area contributed by atoms with Gasteiger partial charge in [-0.05, 0) is 44.1 Å². The second-order valence-electron chi connectivity index (χ2n) is 5.53. The Hall–Kier alpha value is -1.10. The van der Waals surface area contributed by atoms with Crippen molar-refractivity contribution in [1.82, 2.24) is 10.2 Å². The van der Waals surface area contributed by atoms with Gasteiger partial charge in [-0.3, -0.25) is 0 Å². The lowest BCUT2D eigenvalue weighted by molar-refractivity contribution is 0.0600. The number of hydrogen-bond donors (Lipinski definition) is 1. The molecule has 1 saturated heterocycles. The average Bonchev–Trinajstić information content (AvgIpc) is 2.48. The Labute approximate surface area is 133 Å². The van der Waals surface area contributed by atoms with E-state index in [1.165, 1.54) is 31.9 Å². The molecule has 0 spiro atoms. The minimum atomic E-state index is -0.281. The topological polar surface area (TPSA) is 41.6 Å². The van der Waals surface area contributed by atoms with Gasteiger partial charge in [-0.1, -0.05) is 18.6 Å². The van der Waals surface area contributed by atoms with E-state index >= 15 is 0 Å². The number of carbonyl (C=O) groups is 1. The summed E-state index contributed by atoms with van der Waals surface area (Å²) in [5, 5.41) is 3.56. The molecule has 1 fully saturated rings. The molecule has 1 aliphatic heterocycles. The van der Waals surface area contributed by atoms with E-state index in [0.29, 0.717) is 11.6 Å². The molecule has 21 heavy (non-hydrogen) atoms. The SMILES string of the molecule is COC(=O)c1ccc(CN(C)CC2CCCCN2)cc1.Cl. The van der Waals surface area contributed by atoms with Crippen molar-refractivity contribution in [2.45, 2.75) is 31.8 Å². The number of carbonyl (C=O) groups excluding carboxylic acids is 1. The monoisotopic (exact) mass is 312 g/mol. The molecule has 0 saturated carbocycles. The standard InChI is InChI=1S/C16H24N2O2.ClH/c1-18(12-15-5-3-4-10-17-15)11-13-6-8-14(9-7-13)16(19)20-2;/h6-9,15,17H,3-5,10-12H2,1-2H3;1H. The van der Waals surface area contributed by atoms with Crippen molar-refractivity contribution < 1.29 is 9.53 Å². The summed E-state index contributed by atoms with van der Waals surface area (Å²) in [7, 11) is 3.55. The van der Waals surface area contributed by atoms with Crippen LogP contribution in [0.1, 0.15) is 35.2 Å². The molecule has 1 aromatic rings. The zero-order chi connectivity index (χ0) is 14.4. The zero-order valence-electron chi connectivity index (χ0n) is 12.8. The zero-order valence-corrected chi connectivity index (χ0v) is 13.6. The fourth-order valence-corrected chi connectivity index (χ4v) is 2.70. The highest BCUT2D eigenvalue weighted by atomic mass is 35.5. The van der Waals surface area contributed by atoms with E-state index in [2.05, 4.69) is 17.3 Å². The van der Waals surface area contributed by atoms with E-state index < -0.39 is 0 Å². The lowest BCUT2D eigenvalue weighted by atomic mass is 10.0. The van der Waals surface area contributed by atoms with Crippen LogP contribution < -0.4 is 5.32 Å². The molecule has 1 atom stereocenters. The van der Waals surface area contributed by atoms with Crippen molar-refractivity contribution in [3.8, 4) is 0 Å². The Morgan fingerprint density at radius 3 is 2.62 bits per heavy atom. The summed E-state index contributed by atoms with van der Waals surface area (Å²) in [6.45, 7) is 3.12. The first kappa shape index (κ1) is 18.0. The fraction of sp³-hybridized carbons (Fsp3) is 0.562. The van der Waals surface area contributed by atoms with Crippen LogP contribution >= 0.6 is 12.4 Å². The van der Waals surface area contributed by atoms with Gasteiger partial charge in [-0.2, -0.15) is 0 Å². The van der Waals surface area contributed by atoms with Crippen molar-refractivity contribution in [3.63, 3.8) is 0 Å². The highest BCUT2D eigenvalue weighted by Gasteiger charge is 2.14. The highest BCUT2D eigenvalue weighted by Crippen LogP contribution is 2.11. The number of ether oxygens (including phenoxy) is 1. The van der Waals surface area contributed by atoms with Gasteiger partial charge in [0.05, 0.1) is 12.7 Å². The lowest BCUT2D eigenvalue weighted by Gasteiger charge is -2.28. The van der Waals surface area contributed by atoms with E-state index in [4.69, 9.17) is 4.74 Å². The molecule has 118 valence electrons. The number of halogens is 1. The summed E-state index contributed by atoms with van der Waals surface area (Å²) in [4.78, 5) is 13.7.